The fourth-order valence-electron chi connectivity index (χ4n) is 1.64. The predicted molar refractivity (Wildman–Crippen MR) is 65.9 cm³/mol. The van der Waals surface area contributed by atoms with Crippen LogP contribution in [0, 0.1) is 0 Å². The van der Waals surface area contributed by atoms with E-state index < -0.39 is 0 Å². The van der Waals surface area contributed by atoms with Gasteiger partial charge in [-0.2, -0.15) is 0 Å². The molecule has 0 fully saturated rings. The van der Waals surface area contributed by atoms with E-state index in [0.29, 0.717) is 12.1 Å². The monoisotopic (exact) mass is 206 g/mol. The van der Waals surface area contributed by atoms with Gasteiger partial charge in [-0.25, -0.2) is 0 Å². The van der Waals surface area contributed by atoms with Crippen molar-refractivity contribution in [3.8, 4) is 0 Å². The van der Waals surface area contributed by atoms with Gasteiger partial charge in [-0.15, -0.1) is 0 Å². The number of nitrogens with zero attached hydrogens (tertiary/aromatic N) is 1. The number of benzene rings is 1. The molecule has 1 aromatic rings. The maximum atomic E-state index is 3.29. The molecule has 1 N–H and O–H groups in total. The average Bonchev–Trinajstić information content (AvgIpc) is 2.28. The Labute approximate surface area is 93.3 Å². The molecule has 84 valence electrons. The van der Waals surface area contributed by atoms with E-state index in [1.807, 2.05) is 7.05 Å². The van der Waals surface area contributed by atoms with Crippen LogP contribution < -0.4 is 5.32 Å². The van der Waals surface area contributed by atoms with Crippen LogP contribution in [0.3, 0.4) is 0 Å². The molecule has 2 nitrogen and oxygen atoms in total. The largest absolute Gasteiger partial charge is 0.316 e. The van der Waals surface area contributed by atoms with Gasteiger partial charge in [0, 0.05) is 18.6 Å². The van der Waals surface area contributed by atoms with Gasteiger partial charge in [0.05, 0.1) is 0 Å². The maximum Gasteiger partial charge on any atom is 0.0234 e. The van der Waals surface area contributed by atoms with E-state index in [0.717, 1.165) is 6.54 Å². The number of likely N-dealkylation sites (N-methyl/N-ethyl adjacent to an activating group) is 2. The Morgan fingerprint density at radius 1 is 1.20 bits per heavy atom. The molecule has 0 aliphatic heterocycles. The second kappa shape index (κ2) is 5.89. The lowest BCUT2D eigenvalue weighted by Crippen LogP contribution is -2.43. The molecule has 0 heterocycles. The third-order valence-corrected chi connectivity index (χ3v) is 3.15. The molecule has 0 aromatic heterocycles. The van der Waals surface area contributed by atoms with E-state index in [1.54, 1.807) is 0 Å². The van der Waals surface area contributed by atoms with E-state index in [4.69, 9.17) is 0 Å². The molecule has 0 spiro atoms. The molecule has 1 rings (SSSR count). The standard InChI is InChI=1S/C13H22N2/c1-11(14-3)12(2)15(4)10-13-8-6-5-7-9-13/h5-9,11-12,14H,10H2,1-4H3. The van der Waals surface area contributed by atoms with Crippen LogP contribution in [-0.4, -0.2) is 31.1 Å². The van der Waals surface area contributed by atoms with Crippen molar-refractivity contribution in [3.05, 3.63) is 35.9 Å². The summed E-state index contributed by atoms with van der Waals surface area (Å²) in [4.78, 5) is 2.37. The molecule has 15 heavy (non-hydrogen) atoms. The topological polar surface area (TPSA) is 15.3 Å². The van der Waals surface area contributed by atoms with Crippen LogP contribution in [-0.2, 0) is 6.54 Å². The molecule has 2 heteroatoms. The first-order chi connectivity index (χ1) is 7.15. The van der Waals surface area contributed by atoms with Crippen molar-refractivity contribution in [2.24, 2.45) is 0 Å². The summed E-state index contributed by atoms with van der Waals surface area (Å²) in [5.74, 6) is 0. The number of hydrogen-bond acceptors (Lipinski definition) is 2. The highest BCUT2D eigenvalue weighted by molar-refractivity contribution is 5.14. The third kappa shape index (κ3) is 3.65. The Balaban J connectivity index is 2.52. The van der Waals surface area contributed by atoms with Gasteiger partial charge >= 0.3 is 0 Å². The second-order valence-corrected chi connectivity index (χ2v) is 4.22. The summed E-state index contributed by atoms with van der Waals surface area (Å²) in [6.07, 6.45) is 0. The summed E-state index contributed by atoms with van der Waals surface area (Å²) in [6, 6.07) is 11.6. The van der Waals surface area contributed by atoms with Gasteiger partial charge in [-0.05, 0) is 33.5 Å². The van der Waals surface area contributed by atoms with Crippen LogP contribution in [0.15, 0.2) is 30.3 Å². The van der Waals surface area contributed by atoms with Gasteiger partial charge in [-0.1, -0.05) is 30.3 Å². The van der Waals surface area contributed by atoms with Gasteiger partial charge in [0.15, 0.2) is 0 Å². The molecule has 2 atom stereocenters. The van der Waals surface area contributed by atoms with Gasteiger partial charge < -0.3 is 5.32 Å². The minimum Gasteiger partial charge on any atom is -0.316 e. The van der Waals surface area contributed by atoms with Crippen LogP contribution in [0.25, 0.3) is 0 Å². The Bertz CT molecular complexity index is 271. The fraction of sp³-hybridized carbons (Fsp3) is 0.538. The summed E-state index contributed by atoms with van der Waals surface area (Å²) >= 11 is 0. The molecule has 0 bridgehead atoms. The smallest absolute Gasteiger partial charge is 0.0234 e. The van der Waals surface area contributed by atoms with Crippen molar-refractivity contribution < 1.29 is 0 Å². The molecule has 0 radical (unpaired) electrons. The van der Waals surface area contributed by atoms with Crippen molar-refractivity contribution in [3.63, 3.8) is 0 Å². The van der Waals surface area contributed by atoms with Gasteiger partial charge in [0.2, 0.25) is 0 Å². The van der Waals surface area contributed by atoms with Crippen LogP contribution in [0.2, 0.25) is 0 Å². The van der Waals surface area contributed by atoms with Crippen LogP contribution in [0.1, 0.15) is 19.4 Å². The van der Waals surface area contributed by atoms with Gasteiger partial charge in [0.1, 0.15) is 0 Å². The molecule has 2 unspecified atom stereocenters. The van der Waals surface area contributed by atoms with Gasteiger partial charge in [-0.3, -0.25) is 4.90 Å². The van der Waals surface area contributed by atoms with Crippen LogP contribution >= 0.6 is 0 Å². The van der Waals surface area contributed by atoms with E-state index in [1.165, 1.54) is 5.56 Å². The first kappa shape index (κ1) is 12.2. The maximum absolute atomic E-state index is 3.29. The molecule has 0 aliphatic carbocycles. The van der Waals surface area contributed by atoms with E-state index in [-0.39, 0.29) is 0 Å². The first-order valence-electron chi connectivity index (χ1n) is 5.56. The molecule has 1 aromatic carbocycles. The minimum absolute atomic E-state index is 0.513. The summed E-state index contributed by atoms with van der Waals surface area (Å²) in [5, 5.41) is 3.29. The quantitative estimate of drug-likeness (QED) is 0.794. The lowest BCUT2D eigenvalue weighted by Gasteiger charge is -2.29. The fourth-order valence-corrected chi connectivity index (χ4v) is 1.64. The highest BCUT2D eigenvalue weighted by atomic mass is 15.1. The Morgan fingerprint density at radius 2 is 1.80 bits per heavy atom. The molecule has 0 aliphatic rings. The van der Waals surface area contributed by atoms with E-state index in [2.05, 4.69) is 61.4 Å². The average molecular weight is 206 g/mol. The van der Waals surface area contributed by atoms with Gasteiger partial charge in [0.25, 0.3) is 0 Å². The van der Waals surface area contributed by atoms with Crippen molar-refractivity contribution in [1.29, 1.82) is 0 Å². The Morgan fingerprint density at radius 3 is 2.33 bits per heavy atom. The molecule has 0 amide bonds. The van der Waals surface area contributed by atoms with Crippen molar-refractivity contribution in [1.82, 2.24) is 10.2 Å². The highest BCUT2D eigenvalue weighted by Crippen LogP contribution is 2.08. The predicted octanol–water partition coefficient (Wildman–Crippen LogP) is 2.11. The number of hydrogen-bond donors (Lipinski definition) is 1. The summed E-state index contributed by atoms with van der Waals surface area (Å²) in [6.45, 7) is 5.48. The lowest BCUT2D eigenvalue weighted by molar-refractivity contribution is 0.211. The summed E-state index contributed by atoms with van der Waals surface area (Å²) in [7, 11) is 4.18. The zero-order valence-electron chi connectivity index (χ0n) is 10.2. The highest BCUT2D eigenvalue weighted by Gasteiger charge is 2.14. The summed E-state index contributed by atoms with van der Waals surface area (Å²) in [5.41, 5.74) is 1.37. The number of rotatable bonds is 5. The lowest BCUT2D eigenvalue weighted by atomic mass is 10.1. The molecular formula is C13H22N2. The zero-order chi connectivity index (χ0) is 11.3. The normalized spacial score (nSPS) is 15.3. The first-order valence-corrected chi connectivity index (χ1v) is 5.56. The van der Waals surface area contributed by atoms with Crippen LogP contribution in [0.5, 0.6) is 0 Å². The number of nitrogens with one attached hydrogen (secondary N) is 1. The van der Waals surface area contributed by atoms with Crippen LogP contribution in [0.4, 0.5) is 0 Å². The Kier molecular flexibility index (Phi) is 4.79. The molecule has 0 saturated heterocycles. The SMILES string of the molecule is CNC(C)C(C)N(C)Cc1ccccc1. The summed E-state index contributed by atoms with van der Waals surface area (Å²) < 4.78 is 0. The zero-order valence-corrected chi connectivity index (χ0v) is 10.2. The molecule has 0 saturated carbocycles. The van der Waals surface area contributed by atoms with Crippen molar-refractivity contribution in [2.45, 2.75) is 32.5 Å². The third-order valence-electron chi connectivity index (χ3n) is 3.15. The van der Waals surface area contributed by atoms with E-state index in [9.17, 15) is 0 Å². The Hall–Kier alpha value is -0.860. The van der Waals surface area contributed by atoms with Crippen molar-refractivity contribution >= 4 is 0 Å². The minimum atomic E-state index is 0.513. The van der Waals surface area contributed by atoms with E-state index >= 15 is 0 Å². The molecular weight excluding hydrogens is 184 g/mol. The van der Waals surface area contributed by atoms with Crippen molar-refractivity contribution in [2.75, 3.05) is 14.1 Å². The second-order valence-electron chi connectivity index (χ2n) is 4.22.